The van der Waals surface area contributed by atoms with E-state index in [-0.39, 0.29) is 17.3 Å². The second-order valence-corrected chi connectivity index (χ2v) is 8.02. The summed E-state index contributed by atoms with van der Waals surface area (Å²) in [6, 6.07) is -0.0979. The summed E-state index contributed by atoms with van der Waals surface area (Å²) in [7, 11) is -2.98. The first kappa shape index (κ1) is 15.2. The molecule has 104 valence electrons. The van der Waals surface area contributed by atoms with Crippen LogP contribution in [0.4, 0.5) is 0 Å². The molecule has 1 aromatic rings. The zero-order valence-electron chi connectivity index (χ0n) is 11.8. The van der Waals surface area contributed by atoms with Crippen LogP contribution in [0.1, 0.15) is 39.4 Å². The highest BCUT2D eigenvalue weighted by Gasteiger charge is 2.16. The maximum Gasteiger partial charge on any atom is 0.149 e. The molecule has 0 saturated carbocycles. The van der Waals surface area contributed by atoms with Gasteiger partial charge >= 0.3 is 0 Å². The van der Waals surface area contributed by atoms with Crippen molar-refractivity contribution in [1.82, 2.24) is 14.9 Å². The number of aromatic nitrogens is 2. The molecule has 0 bridgehead atoms. The summed E-state index contributed by atoms with van der Waals surface area (Å²) < 4.78 is 24.5. The van der Waals surface area contributed by atoms with E-state index in [4.69, 9.17) is 0 Å². The molecule has 5 nitrogen and oxygen atoms in total. The summed E-state index contributed by atoms with van der Waals surface area (Å²) in [4.78, 5) is 4.10. The molecule has 0 saturated heterocycles. The van der Waals surface area contributed by atoms with Crippen molar-refractivity contribution in [3.05, 3.63) is 18.2 Å². The average Bonchev–Trinajstić information content (AvgIpc) is 2.58. The minimum Gasteiger partial charge on any atom is -0.330 e. The minimum absolute atomic E-state index is 0.0230. The molecule has 0 aliphatic rings. The zero-order chi connectivity index (χ0) is 14.0. The standard InChI is InChI=1S/C12H23N3O2S/c1-10(8-18(5,16)17)15-9-13-6-11(15)7-14-12(2,3)4/h6,9-10,14H,7-8H2,1-5H3. The number of nitrogens with one attached hydrogen (secondary N) is 1. The topological polar surface area (TPSA) is 64.0 Å². The zero-order valence-corrected chi connectivity index (χ0v) is 12.6. The minimum atomic E-state index is -2.98. The number of hydrogen-bond donors (Lipinski definition) is 1. The summed E-state index contributed by atoms with van der Waals surface area (Å²) in [5.41, 5.74) is 1.02. The normalized spacial score (nSPS) is 14.7. The third-order valence-electron chi connectivity index (χ3n) is 2.56. The highest BCUT2D eigenvalue weighted by molar-refractivity contribution is 7.90. The highest BCUT2D eigenvalue weighted by Crippen LogP contribution is 2.13. The molecule has 0 radical (unpaired) electrons. The molecule has 0 aliphatic carbocycles. The average molecular weight is 273 g/mol. The summed E-state index contributed by atoms with van der Waals surface area (Å²) in [6.45, 7) is 8.84. The van der Waals surface area contributed by atoms with Crippen LogP contribution in [0, 0.1) is 0 Å². The van der Waals surface area contributed by atoms with E-state index >= 15 is 0 Å². The summed E-state index contributed by atoms with van der Waals surface area (Å²) in [6.07, 6.45) is 4.72. The molecule has 0 spiro atoms. The van der Waals surface area contributed by atoms with E-state index in [0.29, 0.717) is 6.54 Å². The molecule has 1 unspecified atom stereocenters. The Labute approximate surface area is 110 Å². The predicted molar refractivity (Wildman–Crippen MR) is 73.2 cm³/mol. The fourth-order valence-corrected chi connectivity index (χ4v) is 2.78. The molecule has 6 heteroatoms. The van der Waals surface area contributed by atoms with E-state index in [0.717, 1.165) is 5.69 Å². The number of rotatable bonds is 5. The maximum atomic E-state index is 11.3. The Morgan fingerprint density at radius 2 is 2.06 bits per heavy atom. The molecule has 0 amide bonds. The van der Waals surface area contributed by atoms with Crippen LogP contribution in [0.2, 0.25) is 0 Å². The molecular formula is C12H23N3O2S. The lowest BCUT2D eigenvalue weighted by atomic mass is 10.1. The van der Waals surface area contributed by atoms with Crippen LogP contribution in [0.15, 0.2) is 12.5 Å². The highest BCUT2D eigenvalue weighted by atomic mass is 32.2. The van der Waals surface area contributed by atoms with Crippen LogP contribution >= 0.6 is 0 Å². The van der Waals surface area contributed by atoms with Gasteiger partial charge in [-0.15, -0.1) is 0 Å². The van der Waals surface area contributed by atoms with Gasteiger partial charge in [-0.2, -0.15) is 0 Å². The molecule has 0 aliphatic heterocycles. The monoisotopic (exact) mass is 273 g/mol. The van der Waals surface area contributed by atoms with Crippen molar-refractivity contribution in [2.75, 3.05) is 12.0 Å². The molecular weight excluding hydrogens is 250 g/mol. The Morgan fingerprint density at radius 1 is 1.44 bits per heavy atom. The van der Waals surface area contributed by atoms with Gasteiger partial charge in [0.2, 0.25) is 0 Å². The van der Waals surface area contributed by atoms with E-state index in [9.17, 15) is 8.42 Å². The number of hydrogen-bond acceptors (Lipinski definition) is 4. The van der Waals surface area contributed by atoms with Gasteiger partial charge in [0, 0.05) is 30.6 Å². The lowest BCUT2D eigenvalue weighted by Gasteiger charge is -2.22. The van der Waals surface area contributed by atoms with Crippen LogP contribution in [0.5, 0.6) is 0 Å². The van der Waals surface area contributed by atoms with Crippen LogP contribution < -0.4 is 5.32 Å². The third kappa shape index (κ3) is 5.18. The first-order valence-electron chi connectivity index (χ1n) is 6.02. The van der Waals surface area contributed by atoms with Gasteiger partial charge in [-0.25, -0.2) is 13.4 Å². The molecule has 1 rings (SSSR count). The van der Waals surface area contributed by atoms with Gasteiger partial charge < -0.3 is 9.88 Å². The number of sulfone groups is 1. The second-order valence-electron chi connectivity index (χ2n) is 5.84. The largest absolute Gasteiger partial charge is 0.330 e. The molecule has 0 fully saturated rings. The number of nitrogens with zero attached hydrogens (tertiary/aromatic N) is 2. The van der Waals surface area contributed by atoms with Crippen LogP contribution in [0.3, 0.4) is 0 Å². The van der Waals surface area contributed by atoms with Gasteiger partial charge in [0.25, 0.3) is 0 Å². The maximum absolute atomic E-state index is 11.3. The van der Waals surface area contributed by atoms with Gasteiger partial charge in [0.05, 0.1) is 17.8 Å². The predicted octanol–water partition coefficient (Wildman–Crippen LogP) is 1.38. The fourth-order valence-electron chi connectivity index (χ4n) is 1.74. The van der Waals surface area contributed by atoms with E-state index in [2.05, 4.69) is 31.1 Å². The van der Waals surface area contributed by atoms with Gasteiger partial charge in [-0.1, -0.05) is 0 Å². The van der Waals surface area contributed by atoms with Crippen molar-refractivity contribution in [3.63, 3.8) is 0 Å². The Kier molecular flexibility index (Phi) is 4.55. The van der Waals surface area contributed by atoms with E-state index in [1.807, 2.05) is 11.5 Å². The van der Waals surface area contributed by atoms with E-state index in [1.54, 1.807) is 12.5 Å². The van der Waals surface area contributed by atoms with Crippen LogP contribution in [-0.4, -0.2) is 35.5 Å². The SMILES string of the molecule is CC(CS(C)(=O)=O)n1cncc1CNC(C)(C)C. The Bertz CT molecular complexity index is 486. The van der Waals surface area contributed by atoms with Crippen molar-refractivity contribution < 1.29 is 8.42 Å². The second kappa shape index (κ2) is 5.40. The Balaban J connectivity index is 2.76. The lowest BCUT2D eigenvalue weighted by Crippen LogP contribution is -2.36. The van der Waals surface area contributed by atoms with Gasteiger partial charge in [-0.05, 0) is 27.7 Å². The molecule has 1 atom stereocenters. The van der Waals surface area contributed by atoms with Gasteiger partial charge in [0.15, 0.2) is 0 Å². The third-order valence-corrected chi connectivity index (χ3v) is 3.65. The van der Waals surface area contributed by atoms with E-state index in [1.165, 1.54) is 6.26 Å². The Hall–Kier alpha value is -0.880. The van der Waals surface area contributed by atoms with Crippen LogP contribution in [0.25, 0.3) is 0 Å². The van der Waals surface area contributed by atoms with Gasteiger partial charge in [-0.3, -0.25) is 0 Å². The van der Waals surface area contributed by atoms with Crippen molar-refractivity contribution in [1.29, 1.82) is 0 Å². The fraction of sp³-hybridized carbons (Fsp3) is 0.750. The lowest BCUT2D eigenvalue weighted by molar-refractivity contribution is 0.411. The summed E-state index contributed by atoms with van der Waals surface area (Å²) in [5.74, 6) is 0.131. The first-order valence-corrected chi connectivity index (χ1v) is 8.08. The first-order chi connectivity index (χ1) is 8.08. The Morgan fingerprint density at radius 3 is 2.56 bits per heavy atom. The summed E-state index contributed by atoms with van der Waals surface area (Å²) >= 11 is 0. The van der Waals surface area contributed by atoms with Crippen molar-refractivity contribution in [3.8, 4) is 0 Å². The molecule has 1 aromatic heterocycles. The van der Waals surface area contributed by atoms with E-state index < -0.39 is 9.84 Å². The van der Waals surface area contributed by atoms with Gasteiger partial charge in [0.1, 0.15) is 9.84 Å². The van der Waals surface area contributed by atoms with Crippen molar-refractivity contribution >= 4 is 9.84 Å². The number of imidazole rings is 1. The van der Waals surface area contributed by atoms with Crippen molar-refractivity contribution in [2.45, 2.75) is 45.8 Å². The van der Waals surface area contributed by atoms with Crippen LogP contribution in [-0.2, 0) is 16.4 Å². The summed E-state index contributed by atoms with van der Waals surface area (Å²) in [5, 5.41) is 3.37. The molecule has 0 aromatic carbocycles. The van der Waals surface area contributed by atoms with Crippen molar-refractivity contribution in [2.24, 2.45) is 0 Å². The quantitative estimate of drug-likeness (QED) is 0.880. The molecule has 1 N–H and O–H groups in total. The smallest absolute Gasteiger partial charge is 0.149 e. The molecule has 18 heavy (non-hydrogen) atoms. The molecule has 1 heterocycles.